The van der Waals surface area contributed by atoms with E-state index in [1.54, 1.807) is 0 Å². The summed E-state index contributed by atoms with van der Waals surface area (Å²) in [7, 11) is 1.98. The van der Waals surface area contributed by atoms with Crippen LogP contribution in [0.5, 0.6) is 0 Å². The van der Waals surface area contributed by atoms with Crippen LogP contribution in [0.3, 0.4) is 0 Å². The number of para-hydroxylation sites is 1. The maximum atomic E-state index is 13.4. The van der Waals surface area contributed by atoms with Gasteiger partial charge in [0, 0.05) is 31.5 Å². The maximum Gasteiger partial charge on any atom is 0.257 e. The van der Waals surface area contributed by atoms with Crippen LogP contribution in [0, 0.1) is 11.3 Å². The Morgan fingerprint density at radius 1 is 1.00 bits per heavy atom. The topological polar surface area (TPSA) is 59.4 Å². The van der Waals surface area contributed by atoms with Gasteiger partial charge in [0.25, 0.3) is 5.91 Å². The zero-order valence-electron chi connectivity index (χ0n) is 17.7. The molecule has 3 aromatic rings. The predicted molar refractivity (Wildman–Crippen MR) is 124 cm³/mol. The summed E-state index contributed by atoms with van der Waals surface area (Å²) in [6.07, 6.45) is 1.05. The Bertz CT molecular complexity index is 1070. The average molecular weight is 411 g/mol. The largest absolute Gasteiger partial charge is 0.374 e. The molecule has 1 heterocycles. The van der Waals surface area contributed by atoms with Crippen LogP contribution in [-0.2, 0) is 6.42 Å². The number of carbonyl (C=O) groups excluding carboxylic acids is 1. The van der Waals surface area contributed by atoms with Crippen molar-refractivity contribution in [3.05, 3.63) is 95.6 Å². The van der Waals surface area contributed by atoms with Crippen molar-refractivity contribution in [1.29, 1.82) is 5.26 Å². The molecule has 4 rings (SSSR count). The lowest BCUT2D eigenvalue weighted by Gasteiger charge is -2.38. The lowest BCUT2D eigenvalue weighted by atomic mass is 10.0. The first-order valence-electron chi connectivity index (χ1n) is 10.6. The Balaban J connectivity index is 1.60. The van der Waals surface area contributed by atoms with Crippen LogP contribution < -0.4 is 10.2 Å². The third-order valence-electron chi connectivity index (χ3n) is 5.72. The molecule has 0 saturated heterocycles. The molecule has 0 aromatic heterocycles. The van der Waals surface area contributed by atoms with Gasteiger partial charge >= 0.3 is 0 Å². The number of benzene rings is 3. The van der Waals surface area contributed by atoms with Gasteiger partial charge in [-0.3, -0.25) is 4.79 Å². The van der Waals surface area contributed by atoms with Crippen molar-refractivity contribution < 1.29 is 4.79 Å². The van der Waals surface area contributed by atoms with Crippen molar-refractivity contribution in [3.63, 3.8) is 0 Å². The second-order valence-electron chi connectivity index (χ2n) is 7.75. The van der Waals surface area contributed by atoms with Crippen LogP contribution in [0.1, 0.15) is 34.1 Å². The highest BCUT2D eigenvalue weighted by Gasteiger charge is 2.32. The Morgan fingerprint density at radius 3 is 2.45 bits per heavy atom. The molecule has 5 heteroatoms. The highest BCUT2D eigenvalue weighted by Crippen LogP contribution is 2.33. The number of amides is 1. The van der Waals surface area contributed by atoms with Crippen LogP contribution in [0.2, 0.25) is 0 Å². The molecule has 0 radical (unpaired) electrons. The number of fused-ring (bicyclic) bond motifs is 1. The summed E-state index contributed by atoms with van der Waals surface area (Å²) in [5.74, 6) is 0.0468. The molecule has 1 N–H and O–H groups in total. The van der Waals surface area contributed by atoms with Gasteiger partial charge in [-0.15, -0.1) is 0 Å². The van der Waals surface area contributed by atoms with Gasteiger partial charge in [-0.25, -0.2) is 0 Å². The van der Waals surface area contributed by atoms with E-state index in [0.29, 0.717) is 25.1 Å². The number of hydrogen-bond acceptors (Lipinski definition) is 4. The smallest absolute Gasteiger partial charge is 0.257 e. The van der Waals surface area contributed by atoms with E-state index in [9.17, 15) is 4.79 Å². The van der Waals surface area contributed by atoms with Crippen molar-refractivity contribution in [2.45, 2.75) is 19.0 Å². The summed E-state index contributed by atoms with van der Waals surface area (Å²) in [4.78, 5) is 17.3. The number of nitrogens with one attached hydrogen (secondary N) is 1. The normalized spacial score (nSPS) is 15.0. The molecular formula is C26H26N4O. The van der Waals surface area contributed by atoms with Gasteiger partial charge in [0.15, 0.2) is 0 Å². The number of anilines is 2. The van der Waals surface area contributed by atoms with Gasteiger partial charge in [-0.2, -0.15) is 5.26 Å². The number of nitriles is 1. The molecule has 31 heavy (non-hydrogen) atoms. The molecule has 3 aromatic carbocycles. The Morgan fingerprint density at radius 2 is 1.71 bits per heavy atom. The van der Waals surface area contributed by atoms with Gasteiger partial charge in [-0.1, -0.05) is 54.6 Å². The van der Waals surface area contributed by atoms with E-state index >= 15 is 0 Å². The zero-order chi connectivity index (χ0) is 21.6. The van der Waals surface area contributed by atoms with E-state index in [1.165, 1.54) is 5.56 Å². The van der Waals surface area contributed by atoms with Crippen LogP contribution in [0.4, 0.5) is 11.4 Å². The average Bonchev–Trinajstić information content (AvgIpc) is 2.82. The Labute approximate surface area is 183 Å². The maximum absolute atomic E-state index is 13.4. The SMILES string of the molecule is CN(CCC#N)c1ccc([C@@H]2Nc3ccccc3C(=O)N2CCc2ccccc2)cc1. The fourth-order valence-electron chi connectivity index (χ4n) is 3.94. The summed E-state index contributed by atoms with van der Waals surface area (Å²) in [6, 6.07) is 28.3. The molecule has 0 saturated carbocycles. The first-order chi connectivity index (χ1) is 15.2. The number of rotatable bonds is 7. The number of hydrogen-bond donors (Lipinski definition) is 1. The van der Waals surface area contributed by atoms with E-state index in [1.807, 2.05) is 54.4 Å². The van der Waals surface area contributed by atoms with E-state index in [2.05, 4.69) is 52.7 Å². The minimum absolute atomic E-state index is 0.0468. The second kappa shape index (κ2) is 9.36. The predicted octanol–water partition coefficient (Wildman–Crippen LogP) is 4.85. The highest BCUT2D eigenvalue weighted by atomic mass is 16.2. The molecule has 156 valence electrons. The fourth-order valence-corrected chi connectivity index (χ4v) is 3.94. The number of nitrogens with zero attached hydrogens (tertiary/aromatic N) is 3. The fraction of sp³-hybridized carbons (Fsp3) is 0.231. The zero-order valence-corrected chi connectivity index (χ0v) is 17.7. The van der Waals surface area contributed by atoms with E-state index in [4.69, 9.17) is 5.26 Å². The molecule has 1 atom stereocenters. The Kier molecular flexibility index (Phi) is 6.18. The van der Waals surface area contributed by atoms with Crippen molar-refractivity contribution in [3.8, 4) is 6.07 Å². The van der Waals surface area contributed by atoms with Crippen molar-refractivity contribution in [2.75, 3.05) is 30.4 Å². The summed E-state index contributed by atoms with van der Waals surface area (Å²) >= 11 is 0. The molecule has 0 bridgehead atoms. The summed E-state index contributed by atoms with van der Waals surface area (Å²) in [5.41, 5.74) is 4.87. The monoisotopic (exact) mass is 410 g/mol. The molecule has 1 aliphatic rings. The number of carbonyl (C=O) groups is 1. The van der Waals surface area contributed by atoms with Gasteiger partial charge < -0.3 is 15.1 Å². The van der Waals surface area contributed by atoms with Crippen LogP contribution in [0.25, 0.3) is 0 Å². The van der Waals surface area contributed by atoms with Crippen LogP contribution in [0.15, 0.2) is 78.9 Å². The molecule has 1 aliphatic heterocycles. The van der Waals surface area contributed by atoms with E-state index in [-0.39, 0.29) is 12.1 Å². The lowest BCUT2D eigenvalue weighted by molar-refractivity contribution is 0.0685. The third-order valence-corrected chi connectivity index (χ3v) is 5.72. The Hall–Kier alpha value is -3.78. The van der Waals surface area contributed by atoms with Gasteiger partial charge in [0.1, 0.15) is 6.17 Å². The molecule has 0 unspecified atom stereocenters. The van der Waals surface area contributed by atoms with E-state index in [0.717, 1.165) is 23.4 Å². The van der Waals surface area contributed by atoms with Gasteiger partial charge in [0.05, 0.1) is 18.1 Å². The van der Waals surface area contributed by atoms with Gasteiger partial charge in [0.2, 0.25) is 0 Å². The van der Waals surface area contributed by atoms with Crippen molar-refractivity contribution in [1.82, 2.24) is 4.90 Å². The minimum atomic E-state index is -0.232. The summed E-state index contributed by atoms with van der Waals surface area (Å²) < 4.78 is 0. The van der Waals surface area contributed by atoms with Crippen LogP contribution in [-0.4, -0.2) is 30.9 Å². The van der Waals surface area contributed by atoms with E-state index < -0.39 is 0 Å². The first kappa shape index (κ1) is 20.5. The lowest BCUT2D eigenvalue weighted by Crippen LogP contribution is -2.44. The molecule has 0 fully saturated rings. The quantitative estimate of drug-likeness (QED) is 0.605. The standard InChI is InChI=1S/C26H26N4O/c1-29(18-7-17-27)22-14-12-21(13-15-22)25-28-24-11-6-5-10-23(24)26(31)30(25)19-16-20-8-3-2-4-9-20/h2-6,8-15,25,28H,7,16,18-19H2,1H3/t25-/m1/s1. The molecule has 0 aliphatic carbocycles. The third kappa shape index (κ3) is 4.54. The molecule has 5 nitrogen and oxygen atoms in total. The van der Waals surface area contributed by atoms with Gasteiger partial charge in [-0.05, 0) is 41.8 Å². The highest BCUT2D eigenvalue weighted by molar-refractivity contribution is 6.01. The van der Waals surface area contributed by atoms with Crippen LogP contribution >= 0.6 is 0 Å². The second-order valence-corrected chi connectivity index (χ2v) is 7.75. The van der Waals surface area contributed by atoms with Crippen molar-refractivity contribution in [2.24, 2.45) is 0 Å². The summed E-state index contributed by atoms with van der Waals surface area (Å²) in [5, 5.41) is 12.4. The van der Waals surface area contributed by atoms with Crippen molar-refractivity contribution >= 4 is 17.3 Å². The molecule has 0 spiro atoms. The molecular weight excluding hydrogens is 384 g/mol. The minimum Gasteiger partial charge on any atom is -0.374 e. The molecule has 1 amide bonds. The first-order valence-corrected chi connectivity index (χ1v) is 10.6. The summed E-state index contributed by atoms with van der Waals surface area (Å²) in [6.45, 7) is 1.31.